The molecule has 9 nitrogen and oxygen atoms in total. The molecule has 0 bridgehead atoms. The predicted molar refractivity (Wildman–Crippen MR) is 139 cm³/mol. The summed E-state index contributed by atoms with van der Waals surface area (Å²) in [6.45, 7) is 6.38. The van der Waals surface area contributed by atoms with E-state index >= 15 is 0 Å². The molecule has 1 aliphatic rings. The van der Waals surface area contributed by atoms with Crippen LogP contribution in [0.4, 0.5) is 5.82 Å². The molecule has 1 aliphatic heterocycles. The number of aromatic nitrogens is 6. The number of halogens is 2. The maximum atomic E-state index is 6.41. The Bertz CT molecular complexity index is 1320. The van der Waals surface area contributed by atoms with Crippen molar-refractivity contribution in [2.24, 2.45) is 0 Å². The first-order chi connectivity index (χ1) is 16.9. The zero-order chi connectivity index (χ0) is 24.5. The summed E-state index contributed by atoms with van der Waals surface area (Å²) < 4.78 is 8.38. The number of fused-ring (bicyclic) bond motifs is 2. The van der Waals surface area contributed by atoms with Crippen LogP contribution in [0.2, 0.25) is 10.0 Å². The quantitative estimate of drug-likeness (QED) is 0.301. The number of hydrogen-bond acceptors (Lipinski definition) is 7. The van der Waals surface area contributed by atoms with Crippen LogP contribution in [0, 0.1) is 0 Å². The summed E-state index contributed by atoms with van der Waals surface area (Å²) in [5, 5.41) is 1.19. The van der Waals surface area contributed by atoms with Crippen LogP contribution in [0.15, 0.2) is 24.8 Å². The maximum Gasteiger partial charge on any atom is 0.167 e. The van der Waals surface area contributed by atoms with Gasteiger partial charge < -0.3 is 15.5 Å². The van der Waals surface area contributed by atoms with Gasteiger partial charge in [0.25, 0.3) is 0 Å². The van der Waals surface area contributed by atoms with Gasteiger partial charge in [0, 0.05) is 24.0 Å². The monoisotopic (exact) mass is 516 g/mol. The van der Waals surface area contributed by atoms with E-state index in [1.807, 2.05) is 10.6 Å². The van der Waals surface area contributed by atoms with E-state index in [0.717, 1.165) is 67.7 Å². The fourth-order valence-corrected chi connectivity index (χ4v) is 5.28. The van der Waals surface area contributed by atoms with E-state index in [9.17, 15) is 0 Å². The molecule has 5 rings (SSSR count). The lowest BCUT2D eigenvalue weighted by Gasteiger charge is -2.29. The third-order valence-corrected chi connectivity index (χ3v) is 7.12. The summed E-state index contributed by atoms with van der Waals surface area (Å²) >= 11 is 12.4. The summed E-state index contributed by atoms with van der Waals surface area (Å²) in [6, 6.07) is 4.03. The minimum atomic E-state index is -0.0817. The topological polar surface area (TPSA) is 111 Å². The van der Waals surface area contributed by atoms with Crippen LogP contribution in [0.5, 0.6) is 0 Å². The Morgan fingerprint density at radius 1 is 1.17 bits per heavy atom. The van der Waals surface area contributed by atoms with E-state index in [4.69, 9.17) is 33.7 Å². The van der Waals surface area contributed by atoms with Gasteiger partial charge in [0.2, 0.25) is 0 Å². The number of unbranched alkanes of at least 4 members (excludes halogenated alkanes) is 1. The second kappa shape index (κ2) is 10.3. The molecule has 1 fully saturated rings. The molecule has 4 aromatic rings. The summed E-state index contributed by atoms with van der Waals surface area (Å²) in [7, 11) is 0. The van der Waals surface area contributed by atoms with Gasteiger partial charge in [-0.1, -0.05) is 23.2 Å². The minimum Gasteiger partial charge on any atom is -0.382 e. The van der Waals surface area contributed by atoms with Gasteiger partial charge in [-0.3, -0.25) is 9.47 Å². The first kappa shape index (κ1) is 24.2. The highest BCUT2D eigenvalue weighted by atomic mass is 35.5. The lowest BCUT2D eigenvalue weighted by molar-refractivity contribution is -0.0160. The number of nitrogens with one attached hydrogen (secondary N) is 1. The Labute approximate surface area is 214 Å². The van der Waals surface area contributed by atoms with E-state index < -0.39 is 0 Å². The van der Waals surface area contributed by atoms with E-state index in [1.54, 1.807) is 12.4 Å². The fraction of sp³-hybridized carbons (Fsp3) is 0.500. The van der Waals surface area contributed by atoms with Crippen molar-refractivity contribution in [3.8, 4) is 0 Å². The van der Waals surface area contributed by atoms with Crippen LogP contribution in [0.25, 0.3) is 22.2 Å². The van der Waals surface area contributed by atoms with Crippen molar-refractivity contribution >= 4 is 51.2 Å². The van der Waals surface area contributed by atoms with Crippen LogP contribution in [-0.2, 0) is 11.2 Å². The number of hydrogen-bond donors (Lipinski definition) is 2. The minimum absolute atomic E-state index is 0.0817. The Morgan fingerprint density at radius 2 is 2.03 bits per heavy atom. The number of H-pyrrole nitrogens is 1. The molecule has 0 aliphatic carbocycles. The van der Waals surface area contributed by atoms with Gasteiger partial charge in [0.05, 0.1) is 23.0 Å². The summed E-state index contributed by atoms with van der Waals surface area (Å²) in [6.07, 6.45) is 8.20. The third kappa shape index (κ3) is 5.23. The van der Waals surface area contributed by atoms with E-state index in [0.29, 0.717) is 27.4 Å². The van der Waals surface area contributed by atoms with Gasteiger partial charge >= 0.3 is 0 Å². The number of nitrogen functional groups attached to an aromatic ring is 1. The SMILES string of the molecule is CC(C)N(CCCCc1nc2c(Cl)cc(Cl)cc2[nH]1)CC1CCC(n2cnc3c(N)ncnc32)O1. The van der Waals surface area contributed by atoms with Crippen molar-refractivity contribution in [3.63, 3.8) is 0 Å². The molecule has 3 aromatic heterocycles. The Kier molecular flexibility index (Phi) is 7.11. The van der Waals surface area contributed by atoms with Gasteiger partial charge in [-0.2, -0.15) is 0 Å². The van der Waals surface area contributed by atoms with Crippen molar-refractivity contribution < 1.29 is 4.74 Å². The molecular formula is C24H30Cl2N8O. The lowest BCUT2D eigenvalue weighted by Crippen LogP contribution is -2.38. The largest absolute Gasteiger partial charge is 0.382 e. The van der Waals surface area contributed by atoms with Gasteiger partial charge in [0.15, 0.2) is 11.5 Å². The van der Waals surface area contributed by atoms with Gasteiger partial charge in [-0.25, -0.2) is 19.9 Å². The molecule has 0 saturated carbocycles. The second-order valence-corrected chi connectivity index (χ2v) is 10.2. The number of nitrogens with zero attached hydrogens (tertiary/aromatic N) is 6. The predicted octanol–water partition coefficient (Wildman–Crippen LogP) is 5.00. The van der Waals surface area contributed by atoms with Crippen molar-refractivity contribution in [2.75, 3.05) is 18.8 Å². The first-order valence-corrected chi connectivity index (χ1v) is 12.8. The van der Waals surface area contributed by atoms with Gasteiger partial charge in [-0.05, 0) is 58.2 Å². The molecule has 2 atom stereocenters. The smallest absolute Gasteiger partial charge is 0.167 e. The third-order valence-electron chi connectivity index (χ3n) is 6.61. The van der Waals surface area contributed by atoms with Crippen molar-refractivity contribution in [2.45, 2.75) is 64.3 Å². The standard InChI is InChI=1S/C24H30Cl2N8O/c1-14(2)33(8-4-3-5-19-31-18-10-15(25)9-17(26)21(18)32-19)11-16-6-7-20(35-16)34-13-30-22-23(27)28-12-29-24(22)34/h9-10,12-14,16,20H,3-8,11H2,1-2H3,(H,31,32)(H2,27,28,29). The molecule has 4 heterocycles. The van der Waals surface area contributed by atoms with E-state index in [2.05, 4.69) is 43.7 Å². The summed E-state index contributed by atoms with van der Waals surface area (Å²) in [5.74, 6) is 1.34. The first-order valence-electron chi connectivity index (χ1n) is 12.0. The number of imidazole rings is 2. The molecular weight excluding hydrogens is 487 g/mol. The molecule has 0 spiro atoms. The fourth-order valence-electron chi connectivity index (χ4n) is 4.75. The van der Waals surface area contributed by atoms with Crippen LogP contribution >= 0.6 is 23.2 Å². The van der Waals surface area contributed by atoms with Gasteiger partial charge in [-0.15, -0.1) is 0 Å². The number of aromatic amines is 1. The molecule has 3 N–H and O–H groups in total. The number of ether oxygens (including phenoxy) is 1. The molecule has 11 heteroatoms. The molecule has 1 aromatic carbocycles. The van der Waals surface area contributed by atoms with Crippen LogP contribution in [0.1, 0.15) is 51.6 Å². The van der Waals surface area contributed by atoms with Crippen molar-refractivity contribution in [3.05, 3.63) is 40.7 Å². The number of nitrogens with two attached hydrogens (primary N) is 1. The number of aryl methyl sites for hydroxylation is 1. The highest BCUT2D eigenvalue weighted by molar-refractivity contribution is 6.38. The molecule has 186 valence electrons. The van der Waals surface area contributed by atoms with Crippen LogP contribution in [-0.4, -0.2) is 59.6 Å². The molecule has 1 saturated heterocycles. The highest BCUT2D eigenvalue weighted by Gasteiger charge is 2.30. The van der Waals surface area contributed by atoms with E-state index in [1.165, 1.54) is 6.33 Å². The average Bonchev–Trinajstić information content (AvgIpc) is 3.54. The average molecular weight is 517 g/mol. The molecule has 0 amide bonds. The molecule has 0 radical (unpaired) electrons. The zero-order valence-corrected chi connectivity index (χ0v) is 21.4. The normalized spacial score (nSPS) is 18.6. The summed E-state index contributed by atoms with van der Waals surface area (Å²) in [5.41, 5.74) is 8.94. The molecule has 2 unspecified atom stereocenters. The highest BCUT2D eigenvalue weighted by Crippen LogP contribution is 2.32. The van der Waals surface area contributed by atoms with Crippen molar-refractivity contribution in [1.29, 1.82) is 0 Å². The number of benzene rings is 1. The number of anilines is 1. The Morgan fingerprint density at radius 3 is 2.86 bits per heavy atom. The molecule has 35 heavy (non-hydrogen) atoms. The second-order valence-electron chi connectivity index (χ2n) is 9.39. The van der Waals surface area contributed by atoms with Crippen LogP contribution < -0.4 is 5.73 Å². The maximum absolute atomic E-state index is 6.41. The van der Waals surface area contributed by atoms with E-state index in [-0.39, 0.29) is 12.3 Å². The van der Waals surface area contributed by atoms with Crippen molar-refractivity contribution in [1.82, 2.24) is 34.4 Å². The lowest BCUT2D eigenvalue weighted by atomic mass is 10.1. The number of rotatable bonds is 9. The zero-order valence-electron chi connectivity index (χ0n) is 19.9. The Balaban J connectivity index is 1.14. The summed E-state index contributed by atoms with van der Waals surface area (Å²) in [4.78, 5) is 23.2. The van der Waals surface area contributed by atoms with Crippen LogP contribution in [0.3, 0.4) is 0 Å². The Hall–Kier alpha value is -2.46. The van der Waals surface area contributed by atoms with Gasteiger partial charge in [0.1, 0.15) is 29.4 Å².